The summed E-state index contributed by atoms with van der Waals surface area (Å²) in [5.41, 5.74) is 1.06. The first-order valence-corrected chi connectivity index (χ1v) is 6.91. The summed E-state index contributed by atoms with van der Waals surface area (Å²) in [6.07, 6.45) is 8.03. The van der Waals surface area contributed by atoms with E-state index in [1.807, 2.05) is 30.0 Å². The molecule has 0 saturated carbocycles. The summed E-state index contributed by atoms with van der Waals surface area (Å²) in [6.45, 7) is 7.45. The Balaban J connectivity index is 2.15. The van der Waals surface area contributed by atoms with Crippen LogP contribution in [0.3, 0.4) is 0 Å². The van der Waals surface area contributed by atoms with Crippen LogP contribution in [0.5, 0.6) is 0 Å². The summed E-state index contributed by atoms with van der Waals surface area (Å²) in [4.78, 5) is 8.72. The highest BCUT2D eigenvalue weighted by atomic mass is 15.1. The molecule has 1 N–H and O–H groups in total. The van der Waals surface area contributed by atoms with Gasteiger partial charge in [-0.1, -0.05) is 20.3 Å². The van der Waals surface area contributed by atoms with Crippen molar-refractivity contribution < 1.29 is 0 Å². The summed E-state index contributed by atoms with van der Waals surface area (Å²) in [7, 11) is 0. The Morgan fingerprint density at radius 2 is 2.16 bits per heavy atom. The van der Waals surface area contributed by atoms with Crippen LogP contribution in [0.2, 0.25) is 0 Å². The minimum atomic E-state index is 0.668. The molecule has 19 heavy (non-hydrogen) atoms. The molecule has 0 radical (unpaired) electrons. The van der Waals surface area contributed by atoms with E-state index in [0.29, 0.717) is 5.92 Å². The van der Waals surface area contributed by atoms with Crippen LogP contribution < -0.4 is 5.32 Å². The summed E-state index contributed by atoms with van der Waals surface area (Å²) in [5, 5.41) is 3.50. The van der Waals surface area contributed by atoms with E-state index in [1.165, 1.54) is 12.8 Å². The number of pyridine rings is 1. The van der Waals surface area contributed by atoms with Crippen LogP contribution >= 0.6 is 0 Å². The first-order valence-electron chi connectivity index (χ1n) is 6.91. The maximum absolute atomic E-state index is 4.47. The fourth-order valence-electron chi connectivity index (χ4n) is 2.21. The van der Waals surface area contributed by atoms with Gasteiger partial charge in [-0.2, -0.15) is 0 Å². The van der Waals surface area contributed by atoms with E-state index in [2.05, 4.69) is 35.2 Å². The van der Waals surface area contributed by atoms with Crippen molar-refractivity contribution in [3.05, 3.63) is 36.5 Å². The number of anilines is 1. The number of rotatable bonds is 6. The lowest BCUT2D eigenvalue weighted by molar-refractivity contribution is 0.550. The van der Waals surface area contributed by atoms with Crippen LogP contribution in [0.15, 0.2) is 30.7 Å². The zero-order valence-corrected chi connectivity index (χ0v) is 11.9. The molecule has 0 amide bonds. The molecular weight excluding hydrogens is 236 g/mol. The van der Waals surface area contributed by atoms with Gasteiger partial charge in [-0.15, -0.1) is 0 Å². The summed E-state index contributed by atoms with van der Waals surface area (Å²) in [6, 6.07) is 4.03. The molecule has 2 heterocycles. The second kappa shape index (κ2) is 6.36. The Morgan fingerprint density at radius 3 is 2.84 bits per heavy atom. The van der Waals surface area contributed by atoms with Gasteiger partial charge in [-0.3, -0.25) is 4.57 Å². The third-order valence-corrected chi connectivity index (χ3v) is 3.26. The van der Waals surface area contributed by atoms with Crippen LogP contribution in [0, 0.1) is 12.8 Å². The van der Waals surface area contributed by atoms with Crippen LogP contribution in [-0.2, 0) is 0 Å². The number of aryl methyl sites for hydroxylation is 1. The minimum absolute atomic E-state index is 0.668. The largest absolute Gasteiger partial charge is 0.382 e. The predicted molar refractivity (Wildman–Crippen MR) is 78.7 cm³/mol. The molecule has 2 rings (SSSR count). The first kappa shape index (κ1) is 13.6. The minimum Gasteiger partial charge on any atom is -0.382 e. The third kappa shape index (κ3) is 3.34. The monoisotopic (exact) mass is 258 g/mol. The molecule has 0 saturated heterocycles. The molecular formula is C15H22N4. The first-order chi connectivity index (χ1) is 9.22. The van der Waals surface area contributed by atoms with Gasteiger partial charge in [0.25, 0.3) is 0 Å². The van der Waals surface area contributed by atoms with Crippen LogP contribution in [0.25, 0.3) is 5.82 Å². The summed E-state index contributed by atoms with van der Waals surface area (Å²) < 4.78 is 2.01. The number of aromatic nitrogens is 3. The van der Waals surface area contributed by atoms with E-state index in [0.717, 1.165) is 23.9 Å². The van der Waals surface area contributed by atoms with Crippen molar-refractivity contribution in [3.8, 4) is 5.82 Å². The predicted octanol–water partition coefficient (Wildman–Crippen LogP) is 3.42. The van der Waals surface area contributed by atoms with Crippen molar-refractivity contribution in [3.63, 3.8) is 0 Å². The van der Waals surface area contributed by atoms with E-state index in [4.69, 9.17) is 0 Å². The zero-order valence-electron chi connectivity index (χ0n) is 11.9. The second-order valence-corrected chi connectivity index (χ2v) is 4.99. The smallest absolute Gasteiger partial charge is 0.161 e. The van der Waals surface area contributed by atoms with E-state index in [9.17, 15) is 0 Å². The lowest BCUT2D eigenvalue weighted by Crippen LogP contribution is -2.13. The van der Waals surface area contributed by atoms with Gasteiger partial charge in [-0.05, 0) is 31.4 Å². The van der Waals surface area contributed by atoms with Gasteiger partial charge in [-0.25, -0.2) is 9.97 Å². The Kier molecular flexibility index (Phi) is 4.55. The molecule has 2 aromatic heterocycles. The molecule has 4 heteroatoms. The topological polar surface area (TPSA) is 42.7 Å². The van der Waals surface area contributed by atoms with Gasteiger partial charge >= 0.3 is 0 Å². The van der Waals surface area contributed by atoms with E-state index in [1.54, 1.807) is 6.20 Å². The Bertz CT molecular complexity index is 518. The average Bonchev–Trinajstić information content (AvgIpc) is 2.83. The van der Waals surface area contributed by atoms with Gasteiger partial charge in [0, 0.05) is 25.1 Å². The molecule has 2 aromatic rings. The SMILES string of the molecule is CCCC(C)CNc1cccnc1-n1ccnc1C. The molecule has 0 aliphatic heterocycles. The zero-order chi connectivity index (χ0) is 13.7. The number of nitrogens with one attached hydrogen (secondary N) is 1. The van der Waals surface area contributed by atoms with Crippen molar-refractivity contribution in [2.45, 2.75) is 33.6 Å². The highest BCUT2D eigenvalue weighted by Gasteiger charge is 2.08. The van der Waals surface area contributed by atoms with Crippen molar-refractivity contribution in [2.75, 3.05) is 11.9 Å². The standard InChI is InChI=1S/C15H22N4/c1-4-6-12(2)11-18-14-7-5-8-17-15(14)19-10-9-16-13(19)3/h5,7-10,12,18H,4,6,11H2,1-3H3. The van der Waals surface area contributed by atoms with Crippen molar-refractivity contribution in [2.24, 2.45) is 5.92 Å². The fourth-order valence-corrected chi connectivity index (χ4v) is 2.21. The summed E-state index contributed by atoms with van der Waals surface area (Å²) >= 11 is 0. The molecule has 4 nitrogen and oxygen atoms in total. The van der Waals surface area contributed by atoms with Crippen LogP contribution in [0.4, 0.5) is 5.69 Å². The lowest BCUT2D eigenvalue weighted by Gasteiger charge is -2.15. The molecule has 102 valence electrons. The maximum atomic E-state index is 4.47. The average molecular weight is 258 g/mol. The molecule has 0 aliphatic carbocycles. The number of imidazole rings is 1. The van der Waals surface area contributed by atoms with Crippen molar-refractivity contribution in [1.29, 1.82) is 0 Å². The van der Waals surface area contributed by atoms with Crippen LogP contribution in [-0.4, -0.2) is 21.1 Å². The highest BCUT2D eigenvalue weighted by molar-refractivity contribution is 5.57. The fraction of sp³-hybridized carbons (Fsp3) is 0.467. The van der Waals surface area contributed by atoms with Crippen molar-refractivity contribution >= 4 is 5.69 Å². The van der Waals surface area contributed by atoms with Crippen molar-refractivity contribution in [1.82, 2.24) is 14.5 Å². The van der Waals surface area contributed by atoms with Gasteiger partial charge in [0.15, 0.2) is 5.82 Å². The van der Waals surface area contributed by atoms with E-state index in [-0.39, 0.29) is 0 Å². The third-order valence-electron chi connectivity index (χ3n) is 3.26. The molecule has 0 bridgehead atoms. The molecule has 0 aliphatic rings. The quantitative estimate of drug-likeness (QED) is 0.863. The van der Waals surface area contributed by atoms with Gasteiger partial charge in [0.05, 0.1) is 5.69 Å². The molecule has 0 aromatic carbocycles. The van der Waals surface area contributed by atoms with Gasteiger partial charge in [0.2, 0.25) is 0 Å². The summed E-state index contributed by atoms with van der Waals surface area (Å²) in [5.74, 6) is 2.53. The number of hydrogen-bond acceptors (Lipinski definition) is 3. The Hall–Kier alpha value is -1.84. The lowest BCUT2D eigenvalue weighted by atomic mass is 10.1. The van der Waals surface area contributed by atoms with Gasteiger partial charge in [0.1, 0.15) is 5.82 Å². The van der Waals surface area contributed by atoms with E-state index >= 15 is 0 Å². The molecule has 1 unspecified atom stereocenters. The second-order valence-electron chi connectivity index (χ2n) is 4.99. The number of hydrogen-bond donors (Lipinski definition) is 1. The maximum Gasteiger partial charge on any atom is 0.161 e. The Morgan fingerprint density at radius 1 is 1.32 bits per heavy atom. The highest BCUT2D eigenvalue weighted by Crippen LogP contribution is 2.19. The number of nitrogens with zero attached hydrogens (tertiary/aromatic N) is 3. The van der Waals surface area contributed by atoms with Crippen LogP contribution in [0.1, 0.15) is 32.5 Å². The van der Waals surface area contributed by atoms with Gasteiger partial charge < -0.3 is 5.32 Å². The molecule has 0 fully saturated rings. The molecule has 1 atom stereocenters. The van der Waals surface area contributed by atoms with E-state index < -0.39 is 0 Å². The Labute approximate surface area is 114 Å². The normalized spacial score (nSPS) is 12.4. The molecule has 0 spiro atoms.